The summed E-state index contributed by atoms with van der Waals surface area (Å²) in [7, 11) is 3.51. The second kappa shape index (κ2) is 10.4. The summed E-state index contributed by atoms with van der Waals surface area (Å²) >= 11 is 1.44. The Morgan fingerprint density at radius 3 is 2.64 bits per heavy atom. The molecule has 2 aromatic rings. The zero-order valence-corrected chi connectivity index (χ0v) is 25.9. The number of methoxy groups -OCH3 is 1. The summed E-state index contributed by atoms with van der Waals surface area (Å²) in [5.41, 5.74) is 10.8. The van der Waals surface area contributed by atoms with Crippen LogP contribution in [0.4, 0.5) is 0 Å². The van der Waals surface area contributed by atoms with Gasteiger partial charge in [-0.1, -0.05) is 6.07 Å². The molecule has 4 bridgehead atoms. The number of rotatable bonds is 2. The highest BCUT2D eigenvalue weighted by Gasteiger charge is 2.60. The standard InChI is InChI=1S/C31H34N4O8S/c1-12-6-15-7-17-18(8-32)35-19-9-40-31(38)16(33)10-44-30(24(35)23(34(17)4)20(15)25(37)26(12)39-5)22-21(19)29-28(41-11-42-29)13(2)27(22)43-14(3)36/h6,16-19,23-24,30,37H,7,9-11,33H2,1-5H3/t16?,17?,18-,19?,23?,24?,30?/m0/s1. The fourth-order valence-corrected chi connectivity index (χ4v) is 9.42. The molecule has 0 aromatic heterocycles. The van der Waals surface area contributed by atoms with E-state index in [9.17, 15) is 20.0 Å². The number of phenolic OH excluding ortho intramolecular Hbond substituents is 1. The van der Waals surface area contributed by atoms with Crippen molar-refractivity contribution in [2.75, 3.05) is 33.3 Å². The molecular weight excluding hydrogens is 588 g/mol. The maximum atomic E-state index is 13.0. The third kappa shape index (κ3) is 3.94. The summed E-state index contributed by atoms with van der Waals surface area (Å²) in [5.74, 6) is 0.953. The van der Waals surface area contributed by atoms with Crippen molar-refractivity contribution in [3.05, 3.63) is 39.4 Å². The number of hydrogen-bond donors (Lipinski definition) is 2. The van der Waals surface area contributed by atoms with Crippen LogP contribution >= 0.6 is 11.8 Å². The minimum Gasteiger partial charge on any atom is -0.504 e. The molecule has 0 saturated carbocycles. The molecule has 6 unspecified atom stereocenters. The number of aromatic hydroxyl groups is 1. The van der Waals surface area contributed by atoms with Gasteiger partial charge in [-0.3, -0.25) is 19.4 Å². The first-order chi connectivity index (χ1) is 21.1. The van der Waals surface area contributed by atoms with Crippen molar-refractivity contribution in [3.8, 4) is 34.8 Å². The summed E-state index contributed by atoms with van der Waals surface area (Å²) in [6, 6.07) is 1.36. The molecule has 44 heavy (non-hydrogen) atoms. The predicted molar refractivity (Wildman–Crippen MR) is 158 cm³/mol. The second-order valence-corrected chi connectivity index (χ2v) is 13.2. The minimum atomic E-state index is -0.890. The molecule has 232 valence electrons. The topological polar surface area (TPSA) is 157 Å². The van der Waals surface area contributed by atoms with Crippen LogP contribution in [0.2, 0.25) is 0 Å². The van der Waals surface area contributed by atoms with Gasteiger partial charge in [-0.25, -0.2) is 0 Å². The Kier molecular flexibility index (Phi) is 6.89. The molecule has 0 radical (unpaired) electrons. The number of aryl methyl sites for hydroxylation is 1. The first-order valence-electron chi connectivity index (χ1n) is 14.5. The number of carbonyl (C=O) groups is 2. The molecule has 7 atom stereocenters. The highest BCUT2D eigenvalue weighted by atomic mass is 32.2. The Morgan fingerprint density at radius 1 is 1.18 bits per heavy atom. The average Bonchev–Trinajstić information content (AvgIpc) is 3.47. The number of nitriles is 1. The minimum absolute atomic E-state index is 0.0270. The highest BCUT2D eigenvalue weighted by molar-refractivity contribution is 7.99. The average molecular weight is 623 g/mol. The predicted octanol–water partition coefficient (Wildman–Crippen LogP) is 2.56. The van der Waals surface area contributed by atoms with Crippen LogP contribution in [0.25, 0.3) is 0 Å². The highest BCUT2D eigenvalue weighted by Crippen LogP contribution is 2.64. The second-order valence-electron chi connectivity index (χ2n) is 12.0. The lowest BCUT2D eigenvalue weighted by atomic mass is 9.71. The van der Waals surface area contributed by atoms with Gasteiger partial charge in [-0.15, -0.1) is 11.8 Å². The van der Waals surface area contributed by atoms with Gasteiger partial charge >= 0.3 is 11.9 Å². The van der Waals surface area contributed by atoms with Gasteiger partial charge in [0.15, 0.2) is 23.0 Å². The van der Waals surface area contributed by atoms with E-state index in [4.69, 9.17) is 29.4 Å². The van der Waals surface area contributed by atoms with Crippen molar-refractivity contribution < 1.29 is 38.4 Å². The van der Waals surface area contributed by atoms with Crippen LogP contribution in [0.3, 0.4) is 0 Å². The molecular formula is C31H34N4O8S. The van der Waals surface area contributed by atoms with Gasteiger partial charge in [0.1, 0.15) is 24.4 Å². The Labute approximate surface area is 258 Å². The number of ether oxygens (including phenoxy) is 5. The lowest BCUT2D eigenvalue weighted by Gasteiger charge is -2.61. The molecule has 5 aliphatic rings. The van der Waals surface area contributed by atoms with Gasteiger partial charge in [0.05, 0.1) is 30.5 Å². The van der Waals surface area contributed by atoms with Crippen LogP contribution in [-0.2, 0) is 20.7 Å². The van der Waals surface area contributed by atoms with Gasteiger partial charge in [-0.05, 0) is 38.4 Å². The van der Waals surface area contributed by atoms with E-state index in [1.54, 1.807) is 0 Å². The van der Waals surface area contributed by atoms with E-state index in [0.29, 0.717) is 40.5 Å². The van der Waals surface area contributed by atoms with Crippen molar-refractivity contribution in [3.63, 3.8) is 0 Å². The summed E-state index contributed by atoms with van der Waals surface area (Å²) < 4.78 is 29.4. The number of phenols is 1. The molecule has 3 N–H and O–H groups in total. The van der Waals surface area contributed by atoms with Crippen LogP contribution in [0.5, 0.6) is 28.7 Å². The Morgan fingerprint density at radius 2 is 1.93 bits per heavy atom. The van der Waals surface area contributed by atoms with Crippen molar-refractivity contribution in [2.24, 2.45) is 5.73 Å². The molecule has 2 saturated heterocycles. The van der Waals surface area contributed by atoms with Gasteiger partial charge in [0.25, 0.3) is 0 Å². The number of thioether (sulfide) groups is 1. The summed E-state index contributed by atoms with van der Waals surface area (Å²) in [6.07, 6.45) is 0.522. The quantitative estimate of drug-likeness (QED) is 0.372. The van der Waals surface area contributed by atoms with Gasteiger partial charge in [0, 0.05) is 47.0 Å². The zero-order valence-electron chi connectivity index (χ0n) is 25.1. The summed E-state index contributed by atoms with van der Waals surface area (Å²) in [6.45, 7) is 4.93. The molecule has 5 aliphatic heterocycles. The van der Waals surface area contributed by atoms with Crippen LogP contribution in [-0.4, -0.2) is 84.3 Å². The number of carbonyl (C=O) groups excluding carboxylic acids is 2. The lowest BCUT2D eigenvalue weighted by molar-refractivity contribution is -0.150. The van der Waals surface area contributed by atoms with Crippen molar-refractivity contribution in [1.29, 1.82) is 5.26 Å². The number of likely N-dealkylation sites (N-methyl/N-ethyl adjacent to an activating group) is 1. The SMILES string of the molecule is COc1c(C)cc2c(c1O)C1C3C4SCC(N)C(=O)OCC(c5c6c(c(C)c(OC(C)=O)c54)OCO6)N3[C@@H](C#N)C(C2)N1C. The molecule has 5 heterocycles. The van der Waals surface area contributed by atoms with Crippen molar-refractivity contribution in [1.82, 2.24) is 9.80 Å². The monoisotopic (exact) mass is 622 g/mol. The number of cyclic esters (lactones) is 1. The van der Waals surface area contributed by atoms with E-state index in [0.717, 1.165) is 22.3 Å². The Hall–Kier alpha value is -3.70. The molecule has 13 heteroatoms. The number of esters is 2. The van der Waals surface area contributed by atoms with Gasteiger partial charge < -0.3 is 34.5 Å². The number of nitrogens with two attached hydrogens (primary N) is 1. The normalized spacial score (nSPS) is 30.4. The summed E-state index contributed by atoms with van der Waals surface area (Å²) in [4.78, 5) is 29.8. The van der Waals surface area contributed by atoms with Gasteiger partial charge in [0.2, 0.25) is 6.79 Å². The van der Waals surface area contributed by atoms with E-state index in [2.05, 4.69) is 15.9 Å². The Bertz CT molecular complexity index is 1640. The molecule has 2 fully saturated rings. The lowest BCUT2D eigenvalue weighted by Crippen LogP contribution is -2.69. The van der Waals surface area contributed by atoms with E-state index in [1.165, 1.54) is 25.8 Å². The van der Waals surface area contributed by atoms with Crippen LogP contribution in [0.1, 0.15) is 57.6 Å². The van der Waals surface area contributed by atoms with Gasteiger partial charge in [-0.2, -0.15) is 5.26 Å². The number of hydrogen-bond acceptors (Lipinski definition) is 13. The number of benzene rings is 2. The molecule has 12 nitrogen and oxygen atoms in total. The van der Waals surface area contributed by atoms with Crippen molar-refractivity contribution >= 4 is 23.7 Å². The Balaban J connectivity index is 1.56. The van der Waals surface area contributed by atoms with E-state index in [1.807, 2.05) is 27.0 Å². The smallest absolute Gasteiger partial charge is 0.323 e. The molecule has 0 amide bonds. The van der Waals surface area contributed by atoms with E-state index in [-0.39, 0.29) is 30.9 Å². The first kappa shape index (κ1) is 29.0. The fourth-order valence-electron chi connectivity index (χ4n) is 7.98. The molecule has 2 aromatic carbocycles. The fraction of sp³-hybridized carbons (Fsp3) is 0.516. The van der Waals surface area contributed by atoms with E-state index >= 15 is 0 Å². The largest absolute Gasteiger partial charge is 0.504 e. The maximum Gasteiger partial charge on any atom is 0.323 e. The third-order valence-corrected chi connectivity index (χ3v) is 11.1. The molecule has 0 spiro atoms. The third-order valence-electron chi connectivity index (χ3n) is 9.69. The maximum absolute atomic E-state index is 13.0. The summed E-state index contributed by atoms with van der Waals surface area (Å²) in [5, 5.41) is 22.1. The van der Waals surface area contributed by atoms with E-state index < -0.39 is 47.4 Å². The van der Waals surface area contributed by atoms with Crippen LogP contribution in [0, 0.1) is 25.2 Å². The number of nitrogens with zero attached hydrogens (tertiary/aromatic N) is 3. The van der Waals surface area contributed by atoms with Crippen LogP contribution in [0.15, 0.2) is 6.07 Å². The first-order valence-corrected chi connectivity index (χ1v) is 15.6. The van der Waals surface area contributed by atoms with Crippen molar-refractivity contribution in [2.45, 2.75) is 68.7 Å². The zero-order chi connectivity index (χ0) is 31.2. The number of fused-ring (bicyclic) bond motifs is 9. The molecule has 0 aliphatic carbocycles. The van der Waals surface area contributed by atoms with Crippen LogP contribution < -0.4 is 24.7 Å². The molecule has 7 rings (SSSR count). The number of piperazine rings is 1.